The molecular weight excluding hydrogens is 455 g/mol. The average Bonchev–Trinajstić information content (AvgIpc) is 3.60. The third-order valence-corrected chi connectivity index (χ3v) is 5.06. The lowest BCUT2D eigenvalue weighted by atomic mass is 10.2. The molecule has 0 atom stereocenters. The van der Waals surface area contributed by atoms with Gasteiger partial charge in [-0.1, -0.05) is 0 Å². The standard InChI is InChI=1S/C22H18F3N5O4/c23-22(24,25)16-9-14(31)2-4-18(16)34-15-3-1-13(28-11-15)10-29-20(33)21(5-6-21)30-19(32)17-12-26-7-8-27-17/h1-4,7-9,11-12,31H,5-6,10H2,(H,29,33)(H,30,32). The number of pyridine rings is 1. The second kappa shape index (κ2) is 8.96. The van der Waals surface area contributed by atoms with Gasteiger partial charge in [-0.3, -0.25) is 19.6 Å². The summed E-state index contributed by atoms with van der Waals surface area (Å²) in [6.45, 7) is 0.0366. The Morgan fingerprint density at radius 3 is 2.50 bits per heavy atom. The highest BCUT2D eigenvalue weighted by atomic mass is 19.4. The summed E-state index contributed by atoms with van der Waals surface area (Å²) < 4.78 is 44.8. The van der Waals surface area contributed by atoms with Crippen molar-refractivity contribution in [2.75, 3.05) is 0 Å². The van der Waals surface area contributed by atoms with Crippen molar-refractivity contribution >= 4 is 11.8 Å². The second-order valence-corrected chi connectivity index (χ2v) is 7.58. The van der Waals surface area contributed by atoms with Crippen LogP contribution in [0.15, 0.2) is 55.1 Å². The lowest BCUT2D eigenvalue weighted by Crippen LogP contribution is -2.49. The number of phenols is 1. The van der Waals surface area contributed by atoms with Gasteiger partial charge in [0.05, 0.1) is 24.6 Å². The molecule has 34 heavy (non-hydrogen) atoms. The van der Waals surface area contributed by atoms with Gasteiger partial charge in [0.1, 0.15) is 34.0 Å². The van der Waals surface area contributed by atoms with Gasteiger partial charge in [-0.25, -0.2) is 4.98 Å². The summed E-state index contributed by atoms with van der Waals surface area (Å²) in [4.78, 5) is 36.7. The highest BCUT2D eigenvalue weighted by molar-refractivity contribution is 5.99. The van der Waals surface area contributed by atoms with Gasteiger partial charge in [-0.05, 0) is 43.2 Å². The maximum atomic E-state index is 13.2. The number of rotatable bonds is 7. The molecule has 0 unspecified atom stereocenters. The van der Waals surface area contributed by atoms with Crippen LogP contribution in [0.4, 0.5) is 13.2 Å². The molecule has 0 bridgehead atoms. The van der Waals surface area contributed by atoms with E-state index in [2.05, 4.69) is 25.6 Å². The SMILES string of the molecule is O=C(NC1(C(=O)NCc2ccc(Oc3ccc(O)cc3C(F)(F)F)cn2)CC1)c1cnccn1. The molecule has 1 aliphatic carbocycles. The minimum absolute atomic E-state index is 0.0366. The number of aromatic nitrogens is 3. The van der Waals surface area contributed by atoms with Crippen LogP contribution < -0.4 is 15.4 Å². The van der Waals surface area contributed by atoms with Gasteiger partial charge in [0.2, 0.25) is 5.91 Å². The number of hydrogen-bond donors (Lipinski definition) is 3. The predicted octanol–water partition coefficient (Wildman–Crippen LogP) is 2.97. The number of nitrogens with one attached hydrogen (secondary N) is 2. The Balaban J connectivity index is 1.35. The molecule has 12 heteroatoms. The van der Waals surface area contributed by atoms with Gasteiger partial charge in [-0.2, -0.15) is 13.2 Å². The summed E-state index contributed by atoms with van der Waals surface area (Å²) in [5.74, 6) is -1.87. The fourth-order valence-electron chi connectivity index (χ4n) is 3.10. The Morgan fingerprint density at radius 1 is 1.09 bits per heavy atom. The van der Waals surface area contributed by atoms with Crippen LogP contribution >= 0.6 is 0 Å². The molecule has 1 aromatic carbocycles. The van der Waals surface area contributed by atoms with Crippen LogP contribution in [0.2, 0.25) is 0 Å². The molecule has 0 saturated heterocycles. The average molecular weight is 473 g/mol. The van der Waals surface area contributed by atoms with E-state index >= 15 is 0 Å². The summed E-state index contributed by atoms with van der Waals surface area (Å²) in [5.41, 5.74) is -1.62. The summed E-state index contributed by atoms with van der Waals surface area (Å²) in [6.07, 6.45) is 1.55. The molecule has 1 fully saturated rings. The zero-order valence-corrected chi connectivity index (χ0v) is 17.5. The Kier molecular flexibility index (Phi) is 6.05. The van der Waals surface area contributed by atoms with E-state index in [0.717, 1.165) is 12.1 Å². The number of aromatic hydroxyl groups is 1. The number of carbonyl (C=O) groups is 2. The molecule has 2 aromatic heterocycles. The van der Waals surface area contributed by atoms with E-state index in [0.29, 0.717) is 24.6 Å². The number of hydrogen-bond acceptors (Lipinski definition) is 7. The maximum Gasteiger partial charge on any atom is 0.420 e. The van der Waals surface area contributed by atoms with Crippen molar-refractivity contribution in [2.45, 2.75) is 31.1 Å². The normalized spacial score (nSPS) is 14.2. The van der Waals surface area contributed by atoms with Crippen LogP contribution in [0, 0.1) is 0 Å². The molecule has 0 radical (unpaired) electrons. The van der Waals surface area contributed by atoms with Crippen molar-refractivity contribution in [2.24, 2.45) is 0 Å². The molecule has 3 N–H and O–H groups in total. The van der Waals surface area contributed by atoms with Crippen molar-refractivity contribution < 1.29 is 32.6 Å². The van der Waals surface area contributed by atoms with Gasteiger partial charge >= 0.3 is 6.18 Å². The molecule has 3 aromatic rings. The maximum absolute atomic E-state index is 13.2. The molecular formula is C22H18F3N5O4. The first-order chi connectivity index (χ1) is 16.2. The van der Waals surface area contributed by atoms with Crippen molar-refractivity contribution in [3.05, 3.63) is 72.1 Å². The van der Waals surface area contributed by atoms with Gasteiger partial charge < -0.3 is 20.5 Å². The topological polar surface area (TPSA) is 126 Å². The van der Waals surface area contributed by atoms with E-state index in [1.165, 1.54) is 36.9 Å². The Labute approximate surface area is 191 Å². The van der Waals surface area contributed by atoms with Crippen LogP contribution in [0.25, 0.3) is 0 Å². The molecule has 4 rings (SSSR count). The first kappa shape index (κ1) is 23.0. The zero-order chi connectivity index (χ0) is 24.3. The van der Waals surface area contributed by atoms with Crippen molar-refractivity contribution in [1.82, 2.24) is 25.6 Å². The predicted molar refractivity (Wildman–Crippen MR) is 111 cm³/mol. The summed E-state index contributed by atoms with van der Waals surface area (Å²) in [6, 6.07) is 5.56. The van der Waals surface area contributed by atoms with Crippen molar-refractivity contribution in [1.29, 1.82) is 0 Å². The first-order valence-electron chi connectivity index (χ1n) is 10.1. The fraction of sp³-hybridized carbons (Fsp3) is 0.227. The molecule has 2 heterocycles. The highest BCUT2D eigenvalue weighted by Gasteiger charge is 2.51. The van der Waals surface area contributed by atoms with Crippen LogP contribution in [0.1, 0.15) is 34.6 Å². The quantitative estimate of drug-likeness (QED) is 0.482. The third kappa shape index (κ3) is 5.22. The van der Waals surface area contributed by atoms with E-state index in [1.807, 2.05) is 0 Å². The second-order valence-electron chi connectivity index (χ2n) is 7.58. The smallest absolute Gasteiger partial charge is 0.420 e. The third-order valence-electron chi connectivity index (χ3n) is 5.06. The van der Waals surface area contributed by atoms with Crippen LogP contribution in [-0.2, 0) is 17.5 Å². The Bertz CT molecular complexity index is 1200. The van der Waals surface area contributed by atoms with E-state index in [-0.39, 0.29) is 23.9 Å². The van der Waals surface area contributed by atoms with E-state index in [9.17, 15) is 27.9 Å². The molecule has 9 nitrogen and oxygen atoms in total. The number of carbonyl (C=O) groups excluding carboxylic acids is 2. The fourth-order valence-corrected chi connectivity index (χ4v) is 3.10. The Morgan fingerprint density at radius 2 is 1.88 bits per heavy atom. The summed E-state index contributed by atoms with van der Waals surface area (Å²) in [7, 11) is 0. The monoisotopic (exact) mass is 473 g/mol. The summed E-state index contributed by atoms with van der Waals surface area (Å²) in [5, 5.41) is 14.7. The van der Waals surface area contributed by atoms with Crippen LogP contribution in [-0.4, -0.2) is 37.4 Å². The largest absolute Gasteiger partial charge is 0.508 e. The van der Waals surface area contributed by atoms with Gasteiger partial charge in [0, 0.05) is 12.4 Å². The molecule has 176 valence electrons. The number of phenolic OH excluding ortho intramolecular Hbond substituents is 1. The molecule has 0 spiro atoms. The number of ether oxygens (including phenoxy) is 1. The number of nitrogens with zero attached hydrogens (tertiary/aromatic N) is 3. The van der Waals surface area contributed by atoms with Gasteiger partial charge in [0.15, 0.2) is 0 Å². The number of halogens is 3. The molecule has 2 amide bonds. The number of benzene rings is 1. The lowest BCUT2D eigenvalue weighted by molar-refractivity contribution is -0.138. The van der Waals surface area contributed by atoms with Gasteiger partial charge in [-0.15, -0.1) is 0 Å². The van der Waals surface area contributed by atoms with Crippen molar-refractivity contribution in [3.8, 4) is 17.2 Å². The molecule has 0 aliphatic heterocycles. The van der Waals surface area contributed by atoms with Crippen LogP contribution in [0.3, 0.4) is 0 Å². The number of alkyl halides is 3. The summed E-state index contributed by atoms with van der Waals surface area (Å²) >= 11 is 0. The van der Waals surface area contributed by atoms with E-state index in [4.69, 9.17) is 4.74 Å². The highest BCUT2D eigenvalue weighted by Crippen LogP contribution is 2.40. The lowest BCUT2D eigenvalue weighted by Gasteiger charge is -2.17. The van der Waals surface area contributed by atoms with Crippen molar-refractivity contribution in [3.63, 3.8) is 0 Å². The number of amides is 2. The van der Waals surface area contributed by atoms with E-state index < -0.39 is 34.7 Å². The van der Waals surface area contributed by atoms with Gasteiger partial charge in [0.25, 0.3) is 5.91 Å². The minimum Gasteiger partial charge on any atom is -0.508 e. The molecule has 1 saturated carbocycles. The van der Waals surface area contributed by atoms with E-state index in [1.54, 1.807) is 0 Å². The molecule has 1 aliphatic rings. The Hall–Kier alpha value is -4.22. The zero-order valence-electron chi connectivity index (χ0n) is 17.5. The van der Waals surface area contributed by atoms with Crippen LogP contribution in [0.5, 0.6) is 17.2 Å². The minimum atomic E-state index is -4.72. The first-order valence-corrected chi connectivity index (χ1v) is 10.1.